The first-order valence-corrected chi connectivity index (χ1v) is 7.75. The number of aromatic nitrogens is 2. The summed E-state index contributed by atoms with van der Waals surface area (Å²) in [7, 11) is 0. The maximum atomic E-state index is 12.5. The lowest BCUT2D eigenvalue weighted by Gasteiger charge is -2.07. The van der Waals surface area contributed by atoms with Gasteiger partial charge in [0.05, 0.1) is 10.6 Å². The van der Waals surface area contributed by atoms with E-state index in [1.54, 1.807) is 48.5 Å². The fourth-order valence-electron chi connectivity index (χ4n) is 2.15. The van der Waals surface area contributed by atoms with Gasteiger partial charge in [0.2, 0.25) is 5.82 Å². The molecule has 1 heterocycles. The second-order valence-electron chi connectivity index (χ2n) is 5.28. The molecule has 1 amide bonds. The number of nitrogens with one attached hydrogen (secondary N) is 1. The molecule has 0 unspecified atom stereocenters. The highest BCUT2D eigenvalue weighted by Gasteiger charge is 2.38. The van der Waals surface area contributed by atoms with E-state index in [0.717, 1.165) is 5.56 Å². The van der Waals surface area contributed by atoms with Gasteiger partial charge in [-0.3, -0.25) is 4.79 Å². The molecule has 0 bridgehead atoms. The summed E-state index contributed by atoms with van der Waals surface area (Å²) in [5.74, 6) is -1.89. The van der Waals surface area contributed by atoms with Gasteiger partial charge >= 0.3 is 12.1 Å². The molecule has 0 spiro atoms. The maximum absolute atomic E-state index is 12.5. The maximum Gasteiger partial charge on any atom is 0.471 e. The molecule has 26 heavy (non-hydrogen) atoms. The van der Waals surface area contributed by atoms with Crippen LogP contribution in [-0.4, -0.2) is 16.0 Å². The number of alkyl halides is 3. The summed E-state index contributed by atoms with van der Waals surface area (Å²) in [6, 6.07) is 13.0. The van der Waals surface area contributed by atoms with Gasteiger partial charge in [-0.25, -0.2) is 0 Å². The Labute approximate surface area is 150 Å². The first kappa shape index (κ1) is 17.9. The van der Waals surface area contributed by atoms with Crippen LogP contribution in [0.2, 0.25) is 5.02 Å². The summed E-state index contributed by atoms with van der Waals surface area (Å²) in [6.07, 6.45) is -4.69. The molecule has 3 rings (SSSR count). The highest BCUT2D eigenvalue weighted by molar-refractivity contribution is 6.33. The van der Waals surface area contributed by atoms with Gasteiger partial charge in [-0.15, -0.1) is 0 Å². The topological polar surface area (TPSA) is 68.0 Å². The summed E-state index contributed by atoms with van der Waals surface area (Å²) >= 11 is 5.96. The third kappa shape index (κ3) is 4.02. The van der Waals surface area contributed by atoms with Crippen LogP contribution in [0, 0.1) is 0 Å². The van der Waals surface area contributed by atoms with Crippen LogP contribution in [0.4, 0.5) is 13.2 Å². The third-order valence-electron chi connectivity index (χ3n) is 3.45. The van der Waals surface area contributed by atoms with Gasteiger partial charge in [0.25, 0.3) is 5.91 Å². The van der Waals surface area contributed by atoms with E-state index < -0.39 is 12.1 Å². The normalized spacial score (nSPS) is 11.4. The molecule has 0 aliphatic rings. The highest BCUT2D eigenvalue weighted by Crippen LogP contribution is 2.29. The van der Waals surface area contributed by atoms with E-state index in [2.05, 4.69) is 20.0 Å². The number of nitrogens with zero attached hydrogens (tertiary/aromatic N) is 2. The molecular weight excluding hydrogens is 371 g/mol. The van der Waals surface area contributed by atoms with E-state index in [1.807, 2.05) is 0 Å². The predicted molar refractivity (Wildman–Crippen MR) is 87.4 cm³/mol. The highest BCUT2D eigenvalue weighted by atomic mass is 35.5. The Hall–Kier alpha value is -2.87. The molecule has 0 aliphatic heterocycles. The molecule has 0 fully saturated rings. The van der Waals surface area contributed by atoms with Crippen LogP contribution in [-0.2, 0) is 12.7 Å². The summed E-state index contributed by atoms with van der Waals surface area (Å²) in [6.45, 7) is 0.227. The van der Waals surface area contributed by atoms with Crippen LogP contribution in [0.1, 0.15) is 21.8 Å². The van der Waals surface area contributed by atoms with Crippen LogP contribution < -0.4 is 5.32 Å². The van der Waals surface area contributed by atoms with Gasteiger partial charge in [0.15, 0.2) is 0 Å². The Morgan fingerprint density at radius 3 is 2.42 bits per heavy atom. The average Bonchev–Trinajstić information content (AvgIpc) is 3.11. The minimum atomic E-state index is -4.69. The van der Waals surface area contributed by atoms with Crippen LogP contribution in [0.15, 0.2) is 53.1 Å². The lowest BCUT2D eigenvalue weighted by atomic mass is 10.1. The molecule has 0 saturated heterocycles. The van der Waals surface area contributed by atoms with Gasteiger partial charge < -0.3 is 9.84 Å². The number of rotatable bonds is 4. The van der Waals surface area contributed by atoms with Crippen molar-refractivity contribution in [1.29, 1.82) is 0 Å². The van der Waals surface area contributed by atoms with Crippen LogP contribution in [0.5, 0.6) is 0 Å². The first-order chi connectivity index (χ1) is 12.3. The monoisotopic (exact) mass is 381 g/mol. The lowest BCUT2D eigenvalue weighted by Crippen LogP contribution is -2.23. The number of benzene rings is 2. The first-order valence-electron chi connectivity index (χ1n) is 7.37. The Kier molecular flexibility index (Phi) is 4.94. The quantitative estimate of drug-likeness (QED) is 0.730. The average molecular weight is 382 g/mol. The summed E-state index contributed by atoms with van der Waals surface area (Å²) < 4.78 is 41.6. The number of hydrogen-bond acceptors (Lipinski definition) is 4. The Bertz CT molecular complexity index is 924. The van der Waals surface area contributed by atoms with E-state index in [4.69, 9.17) is 11.6 Å². The number of hydrogen-bond donors (Lipinski definition) is 1. The molecule has 1 aromatic heterocycles. The number of carbonyl (C=O) groups excluding carboxylic acids is 1. The van der Waals surface area contributed by atoms with Crippen molar-refractivity contribution >= 4 is 17.5 Å². The SMILES string of the molecule is O=C(NCc1ccc(-c2noc(C(F)(F)F)n2)cc1)c1ccccc1Cl. The predicted octanol–water partition coefficient (Wildman–Crippen LogP) is 4.34. The van der Waals surface area contributed by atoms with Gasteiger partial charge in [-0.2, -0.15) is 18.2 Å². The Morgan fingerprint density at radius 1 is 1.12 bits per heavy atom. The smallest absolute Gasteiger partial charge is 0.348 e. The number of carbonyl (C=O) groups is 1. The summed E-state index contributed by atoms with van der Waals surface area (Å²) in [4.78, 5) is 15.4. The van der Waals surface area contributed by atoms with Crippen molar-refractivity contribution in [2.24, 2.45) is 0 Å². The fraction of sp³-hybridized carbons (Fsp3) is 0.118. The number of halogens is 4. The standard InChI is InChI=1S/C17H11ClF3N3O2/c18-13-4-2-1-3-12(13)15(25)22-9-10-5-7-11(8-6-10)14-23-16(26-24-14)17(19,20)21/h1-8H,9H2,(H,22,25). The van der Waals surface area contributed by atoms with Gasteiger partial charge in [-0.05, 0) is 17.7 Å². The van der Waals surface area contributed by atoms with Crippen molar-refractivity contribution in [2.75, 3.05) is 0 Å². The van der Waals surface area contributed by atoms with Crippen molar-refractivity contribution in [3.05, 3.63) is 70.6 Å². The van der Waals surface area contributed by atoms with Crippen LogP contribution in [0.3, 0.4) is 0 Å². The largest absolute Gasteiger partial charge is 0.471 e. The van der Waals surface area contributed by atoms with Crippen LogP contribution >= 0.6 is 11.6 Å². The van der Waals surface area contributed by atoms with E-state index >= 15 is 0 Å². The van der Waals surface area contributed by atoms with Crippen LogP contribution in [0.25, 0.3) is 11.4 Å². The Morgan fingerprint density at radius 2 is 1.81 bits per heavy atom. The summed E-state index contributed by atoms with van der Waals surface area (Å²) in [5.41, 5.74) is 1.47. The molecule has 2 aromatic carbocycles. The minimum Gasteiger partial charge on any atom is -0.348 e. The fourth-order valence-corrected chi connectivity index (χ4v) is 2.37. The van der Waals surface area contributed by atoms with Crippen molar-refractivity contribution in [1.82, 2.24) is 15.5 Å². The lowest BCUT2D eigenvalue weighted by molar-refractivity contribution is -0.159. The van der Waals surface area contributed by atoms with Crippen molar-refractivity contribution in [3.63, 3.8) is 0 Å². The molecule has 0 saturated carbocycles. The molecule has 5 nitrogen and oxygen atoms in total. The zero-order chi connectivity index (χ0) is 18.7. The Balaban J connectivity index is 1.66. The van der Waals surface area contributed by atoms with E-state index in [1.165, 1.54) is 0 Å². The molecule has 3 aromatic rings. The molecule has 134 valence electrons. The van der Waals surface area contributed by atoms with Crippen molar-refractivity contribution < 1.29 is 22.5 Å². The third-order valence-corrected chi connectivity index (χ3v) is 3.78. The van der Waals surface area contributed by atoms with E-state index in [0.29, 0.717) is 16.1 Å². The number of amides is 1. The van der Waals surface area contributed by atoms with Crippen molar-refractivity contribution in [3.8, 4) is 11.4 Å². The molecule has 9 heteroatoms. The molecule has 1 N–H and O–H groups in total. The van der Waals surface area contributed by atoms with Gasteiger partial charge in [0, 0.05) is 12.1 Å². The molecule has 0 atom stereocenters. The van der Waals surface area contributed by atoms with E-state index in [9.17, 15) is 18.0 Å². The van der Waals surface area contributed by atoms with Gasteiger partial charge in [-0.1, -0.05) is 53.2 Å². The minimum absolute atomic E-state index is 0.163. The summed E-state index contributed by atoms with van der Waals surface area (Å²) in [5, 5.41) is 6.38. The second-order valence-corrected chi connectivity index (χ2v) is 5.69. The zero-order valence-electron chi connectivity index (χ0n) is 13.0. The molecule has 0 radical (unpaired) electrons. The van der Waals surface area contributed by atoms with Gasteiger partial charge in [0.1, 0.15) is 0 Å². The zero-order valence-corrected chi connectivity index (χ0v) is 13.8. The second kappa shape index (κ2) is 7.17. The molecule has 0 aliphatic carbocycles. The van der Waals surface area contributed by atoms with Crippen molar-refractivity contribution in [2.45, 2.75) is 12.7 Å². The van der Waals surface area contributed by atoms with E-state index in [-0.39, 0.29) is 18.3 Å². The molecular formula is C17H11ClF3N3O2.